The van der Waals surface area contributed by atoms with Crippen molar-refractivity contribution < 1.29 is 0 Å². The molecular formula is C14H25N5S. The first-order valence-corrected chi connectivity index (χ1v) is 7.86. The number of hydrogen-bond donors (Lipinski definition) is 1. The van der Waals surface area contributed by atoms with E-state index in [1.807, 2.05) is 4.68 Å². The number of rotatable bonds is 7. The Morgan fingerprint density at radius 1 is 1.50 bits per heavy atom. The van der Waals surface area contributed by atoms with Crippen LogP contribution in [-0.2, 0) is 13.1 Å². The molecule has 0 aromatic carbocycles. The van der Waals surface area contributed by atoms with Crippen LogP contribution in [0.2, 0.25) is 0 Å². The van der Waals surface area contributed by atoms with Crippen LogP contribution in [0.5, 0.6) is 0 Å². The fourth-order valence-corrected chi connectivity index (χ4v) is 3.04. The zero-order valence-electron chi connectivity index (χ0n) is 12.5. The highest BCUT2D eigenvalue weighted by Gasteiger charge is 2.24. The summed E-state index contributed by atoms with van der Waals surface area (Å²) in [6.07, 6.45) is 6.72. The molecule has 6 heteroatoms. The quantitative estimate of drug-likeness (QED) is 0.779. The van der Waals surface area contributed by atoms with Gasteiger partial charge in [0.15, 0.2) is 0 Å². The Labute approximate surface area is 126 Å². The molecule has 1 aliphatic rings. The lowest BCUT2D eigenvalue weighted by Gasteiger charge is -2.28. The van der Waals surface area contributed by atoms with Crippen LogP contribution >= 0.6 is 12.2 Å². The van der Waals surface area contributed by atoms with E-state index in [1.54, 1.807) is 6.33 Å². The van der Waals surface area contributed by atoms with E-state index in [9.17, 15) is 0 Å². The van der Waals surface area contributed by atoms with Crippen molar-refractivity contribution in [2.75, 3.05) is 6.54 Å². The minimum absolute atomic E-state index is 0.561. The molecule has 1 heterocycles. The summed E-state index contributed by atoms with van der Waals surface area (Å²) in [4.78, 5) is 7.35. The van der Waals surface area contributed by atoms with Gasteiger partial charge in [0.25, 0.3) is 0 Å². The van der Waals surface area contributed by atoms with Crippen LogP contribution in [0, 0.1) is 5.92 Å². The molecule has 1 fully saturated rings. The Hall–Kier alpha value is -1.01. The van der Waals surface area contributed by atoms with E-state index in [1.165, 1.54) is 25.7 Å². The first-order chi connectivity index (χ1) is 9.56. The second-order valence-corrected chi connectivity index (χ2v) is 6.59. The molecule has 0 bridgehead atoms. The Kier molecular flexibility index (Phi) is 5.48. The second-order valence-electron chi connectivity index (χ2n) is 6.06. The van der Waals surface area contributed by atoms with Gasteiger partial charge in [0, 0.05) is 19.1 Å². The predicted molar refractivity (Wildman–Crippen MR) is 84.3 cm³/mol. The molecule has 0 atom stereocenters. The van der Waals surface area contributed by atoms with Gasteiger partial charge in [-0.05, 0) is 18.8 Å². The van der Waals surface area contributed by atoms with Crippen LogP contribution in [0.1, 0.15) is 45.4 Å². The first kappa shape index (κ1) is 15.4. The molecule has 112 valence electrons. The van der Waals surface area contributed by atoms with E-state index in [0.29, 0.717) is 23.5 Å². The van der Waals surface area contributed by atoms with Gasteiger partial charge in [0.1, 0.15) is 12.2 Å². The van der Waals surface area contributed by atoms with Gasteiger partial charge in [-0.25, -0.2) is 9.67 Å². The summed E-state index contributed by atoms with van der Waals surface area (Å²) in [6, 6.07) is 0.584. The maximum absolute atomic E-state index is 5.76. The van der Waals surface area contributed by atoms with Crippen LogP contribution in [0.15, 0.2) is 6.33 Å². The van der Waals surface area contributed by atoms with Crippen molar-refractivity contribution in [3.63, 3.8) is 0 Å². The van der Waals surface area contributed by atoms with E-state index < -0.39 is 0 Å². The van der Waals surface area contributed by atoms with Crippen LogP contribution < -0.4 is 5.73 Å². The highest BCUT2D eigenvalue weighted by Crippen LogP contribution is 2.24. The van der Waals surface area contributed by atoms with Crippen molar-refractivity contribution in [2.24, 2.45) is 11.7 Å². The zero-order chi connectivity index (χ0) is 14.5. The summed E-state index contributed by atoms with van der Waals surface area (Å²) in [6.45, 7) is 6.74. The lowest BCUT2D eigenvalue weighted by Crippen LogP contribution is -2.39. The predicted octanol–water partition coefficient (Wildman–Crippen LogP) is 1.96. The molecule has 2 rings (SSSR count). The highest BCUT2D eigenvalue weighted by atomic mass is 32.1. The van der Waals surface area contributed by atoms with E-state index in [0.717, 1.165) is 18.9 Å². The lowest BCUT2D eigenvalue weighted by molar-refractivity contribution is 0.208. The molecule has 0 unspecified atom stereocenters. The summed E-state index contributed by atoms with van der Waals surface area (Å²) in [5.41, 5.74) is 5.76. The van der Waals surface area contributed by atoms with Crippen molar-refractivity contribution in [3.05, 3.63) is 12.2 Å². The van der Waals surface area contributed by atoms with Crippen molar-refractivity contribution in [1.82, 2.24) is 19.7 Å². The molecule has 1 aromatic rings. The number of hydrogen-bond acceptors (Lipinski definition) is 4. The Balaban J connectivity index is 2.06. The Morgan fingerprint density at radius 3 is 2.80 bits per heavy atom. The largest absolute Gasteiger partial charge is 0.392 e. The summed E-state index contributed by atoms with van der Waals surface area (Å²) < 4.78 is 2.01. The smallest absolute Gasteiger partial charge is 0.141 e. The van der Waals surface area contributed by atoms with Gasteiger partial charge in [-0.2, -0.15) is 5.10 Å². The molecule has 1 aliphatic carbocycles. The van der Waals surface area contributed by atoms with Crippen LogP contribution in [0.25, 0.3) is 0 Å². The minimum Gasteiger partial charge on any atom is -0.392 e. The summed E-state index contributed by atoms with van der Waals surface area (Å²) in [5, 5.41) is 4.33. The molecule has 2 N–H and O–H groups in total. The molecule has 20 heavy (non-hydrogen) atoms. The van der Waals surface area contributed by atoms with E-state index >= 15 is 0 Å². The average Bonchev–Trinajstić information content (AvgIpc) is 2.99. The second kappa shape index (κ2) is 7.13. The van der Waals surface area contributed by atoms with Gasteiger partial charge in [-0.3, -0.25) is 4.90 Å². The first-order valence-electron chi connectivity index (χ1n) is 7.45. The standard InChI is InChI=1S/C14H25N5S/c1-11(2)7-19-14(16-10-17-19)9-18(8-13(15)20)12-5-3-4-6-12/h10-12H,3-9H2,1-2H3,(H2,15,20). The third kappa shape index (κ3) is 4.24. The van der Waals surface area contributed by atoms with Crippen molar-refractivity contribution in [1.29, 1.82) is 0 Å². The van der Waals surface area contributed by atoms with Crippen molar-refractivity contribution >= 4 is 17.2 Å². The van der Waals surface area contributed by atoms with Gasteiger partial charge < -0.3 is 5.73 Å². The number of aromatic nitrogens is 3. The average molecular weight is 295 g/mol. The van der Waals surface area contributed by atoms with Crippen molar-refractivity contribution in [2.45, 2.75) is 58.7 Å². The highest BCUT2D eigenvalue weighted by molar-refractivity contribution is 7.80. The molecule has 0 aliphatic heterocycles. The summed E-state index contributed by atoms with van der Waals surface area (Å²) in [7, 11) is 0. The van der Waals surface area contributed by atoms with Crippen LogP contribution in [0.3, 0.4) is 0 Å². The fourth-order valence-electron chi connectivity index (χ4n) is 2.87. The third-order valence-corrected chi connectivity index (χ3v) is 3.91. The number of thiocarbonyl (C=S) groups is 1. The summed E-state index contributed by atoms with van der Waals surface area (Å²) >= 11 is 5.10. The monoisotopic (exact) mass is 295 g/mol. The molecule has 0 radical (unpaired) electrons. The fraction of sp³-hybridized carbons (Fsp3) is 0.786. The Bertz CT molecular complexity index is 437. The molecule has 1 aromatic heterocycles. The van der Waals surface area contributed by atoms with Gasteiger partial charge in [0.2, 0.25) is 0 Å². The minimum atomic E-state index is 0.561. The normalized spacial score (nSPS) is 16.4. The molecule has 1 saturated carbocycles. The van der Waals surface area contributed by atoms with Gasteiger partial charge in [-0.15, -0.1) is 0 Å². The number of nitrogens with zero attached hydrogens (tertiary/aromatic N) is 4. The lowest BCUT2D eigenvalue weighted by atomic mass is 10.2. The summed E-state index contributed by atoms with van der Waals surface area (Å²) in [5.74, 6) is 1.58. The van der Waals surface area contributed by atoms with Crippen LogP contribution in [-0.4, -0.2) is 37.2 Å². The number of nitrogens with two attached hydrogens (primary N) is 1. The molecule has 0 saturated heterocycles. The van der Waals surface area contributed by atoms with Gasteiger partial charge >= 0.3 is 0 Å². The molecular weight excluding hydrogens is 270 g/mol. The van der Waals surface area contributed by atoms with E-state index in [-0.39, 0.29) is 0 Å². The maximum Gasteiger partial charge on any atom is 0.141 e. The Morgan fingerprint density at radius 2 is 2.20 bits per heavy atom. The molecule has 0 amide bonds. The van der Waals surface area contributed by atoms with Gasteiger partial charge in [0.05, 0.1) is 11.5 Å². The zero-order valence-corrected chi connectivity index (χ0v) is 13.3. The topological polar surface area (TPSA) is 60.0 Å². The van der Waals surface area contributed by atoms with Crippen LogP contribution in [0.4, 0.5) is 0 Å². The van der Waals surface area contributed by atoms with Gasteiger partial charge in [-0.1, -0.05) is 38.9 Å². The SMILES string of the molecule is CC(C)Cn1ncnc1CN(CC(N)=S)C1CCCC1. The molecule has 5 nitrogen and oxygen atoms in total. The maximum atomic E-state index is 5.76. The van der Waals surface area contributed by atoms with E-state index in [4.69, 9.17) is 18.0 Å². The third-order valence-electron chi connectivity index (χ3n) is 3.78. The van der Waals surface area contributed by atoms with Crippen molar-refractivity contribution in [3.8, 4) is 0 Å². The molecule has 0 spiro atoms. The van der Waals surface area contributed by atoms with E-state index in [2.05, 4.69) is 28.8 Å².